The summed E-state index contributed by atoms with van der Waals surface area (Å²) in [6.07, 6.45) is 0.413. The minimum atomic E-state index is -0.891. The average Bonchev–Trinajstić information content (AvgIpc) is 2.52. The minimum absolute atomic E-state index is 0.155. The number of rotatable bonds is 4. The smallest absolute Gasteiger partial charge is 0.326 e. The fourth-order valence-electron chi connectivity index (χ4n) is 2.84. The molecule has 2 aromatic rings. The highest BCUT2D eigenvalue weighted by Gasteiger charge is 2.32. The van der Waals surface area contributed by atoms with Crippen molar-refractivity contribution in [3.05, 3.63) is 63.6 Å². The lowest BCUT2D eigenvalue weighted by molar-refractivity contribution is -0.138. The van der Waals surface area contributed by atoms with Crippen LogP contribution in [0.25, 0.3) is 0 Å². The summed E-state index contributed by atoms with van der Waals surface area (Å²) in [6, 6.07) is 12.5. The first-order valence-corrected chi connectivity index (χ1v) is 8.06. The second-order valence-electron chi connectivity index (χ2n) is 5.54. The number of hydrogen-bond donors (Lipinski definition) is 3. The van der Waals surface area contributed by atoms with Gasteiger partial charge >= 0.3 is 5.97 Å². The fraction of sp³-hybridized carbons (Fsp3) is 0.235. The van der Waals surface area contributed by atoms with Crippen molar-refractivity contribution in [3.8, 4) is 0 Å². The van der Waals surface area contributed by atoms with E-state index in [0.717, 1.165) is 11.1 Å². The molecule has 2 aromatic carbocycles. The lowest BCUT2D eigenvalue weighted by atomic mass is 9.92. The maximum absolute atomic E-state index is 11.4. The zero-order chi connectivity index (χ0) is 16.4. The summed E-state index contributed by atoms with van der Waals surface area (Å²) in [5.41, 5.74) is 2.67. The zero-order valence-corrected chi connectivity index (χ0v) is 13.7. The first kappa shape index (κ1) is 16.1. The third-order valence-electron chi connectivity index (χ3n) is 3.94. The highest BCUT2D eigenvalue weighted by atomic mass is 35.5. The molecule has 0 aliphatic carbocycles. The third kappa shape index (κ3) is 3.61. The van der Waals surface area contributed by atoms with Gasteiger partial charge in [-0.15, -0.1) is 0 Å². The Morgan fingerprint density at radius 1 is 1.26 bits per heavy atom. The van der Waals surface area contributed by atoms with Gasteiger partial charge < -0.3 is 15.7 Å². The number of halogens is 2. The predicted molar refractivity (Wildman–Crippen MR) is 92.1 cm³/mol. The Morgan fingerprint density at radius 3 is 2.70 bits per heavy atom. The van der Waals surface area contributed by atoms with Gasteiger partial charge in [0.15, 0.2) is 0 Å². The van der Waals surface area contributed by atoms with Gasteiger partial charge in [0.25, 0.3) is 0 Å². The number of aliphatic carboxylic acids is 1. The number of anilines is 1. The van der Waals surface area contributed by atoms with Crippen LogP contribution in [0.3, 0.4) is 0 Å². The van der Waals surface area contributed by atoms with Crippen LogP contribution in [0.2, 0.25) is 10.0 Å². The minimum Gasteiger partial charge on any atom is -0.480 e. The van der Waals surface area contributed by atoms with E-state index in [0.29, 0.717) is 28.7 Å². The van der Waals surface area contributed by atoms with E-state index in [1.54, 1.807) is 12.1 Å². The van der Waals surface area contributed by atoms with E-state index >= 15 is 0 Å². The van der Waals surface area contributed by atoms with E-state index in [2.05, 4.69) is 10.6 Å². The first-order valence-electron chi connectivity index (χ1n) is 7.30. The molecule has 1 heterocycles. The van der Waals surface area contributed by atoms with Crippen molar-refractivity contribution in [3.63, 3.8) is 0 Å². The van der Waals surface area contributed by atoms with Gasteiger partial charge in [-0.25, -0.2) is 4.79 Å². The van der Waals surface area contributed by atoms with E-state index in [1.165, 1.54) is 0 Å². The van der Waals surface area contributed by atoms with Gasteiger partial charge in [0, 0.05) is 33.9 Å². The van der Waals surface area contributed by atoms with Crippen LogP contribution in [0.1, 0.15) is 23.6 Å². The first-order chi connectivity index (χ1) is 11.0. The molecule has 0 aromatic heterocycles. The summed E-state index contributed by atoms with van der Waals surface area (Å²) in [7, 11) is 0. The van der Waals surface area contributed by atoms with E-state index < -0.39 is 12.0 Å². The Balaban J connectivity index is 1.88. The van der Waals surface area contributed by atoms with Gasteiger partial charge in [-0.2, -0.15) is 0 Å². The topological polar surface area (TPSA) is 61.4 Å². The van der Waals surface area contributed by atoms with Crippen molar-refractivity contribution in [2.24, 2.45) is 0 Å². The van der Waals surface area contributed by atoms with E-state index in [9.17, 15) is 9.90 Å². The van der Waals surface area contributed by atoms with Crippen molar-refractivity contribution in [2.75, 3.05) is 5.32 Å². The number of carboxylic acids is 1. The van der Waals surface area contributed by atoms with Crippen LogP contribution in [0.4, 0.5) is 5.69 Å². The maximum atomic E-state index is 11.4. The number of hydrogen-bond acceptors (Lipinski definition) is 3. The molecule has 0 spiro atoms. The molecule has 0 amide bonds. The van der Waals surface area contributed by atoms with Crippen LogP contribution in [-0.2, 0) is 11.3 Å². The number of carbonyl (C=O) groups is 1. The average molecular weight is 351 g/mol. The van der Waals surface area contributed by atoms with Crippen LogP contribution in [0, 0.1) is 0 Å². The van der Waals surface area contributed by atoms with Crippen LogP contribution < -0.4 is 10.6 Å². The Labute approximate surface area is 144 Å². The van der Waals surface area contributed by atoms with Crippen molar-refractivity contribution in [2.45, 2.75) is 25.0 Å². The Kier molecular flexibility index (Phi) is 4.76. The number of carboxylic acid groups (broad SMARTS) is 1. The lowest BCUT2D eigenvalue weighted by Gasteiger charge is -2.32. The molecule has 120 valence electrons. The molecular weight excluding hydrogens is 335 g/mol. The summed E-state index contributed by atoms with van der Waals surface area (Å²) in [5.74, 6) is -0.891. The molecule has 0 radical (unpaired) electrons. The van der Waals surface area contributed by atoms with Crippen molar-refractivity contribution >= 4 is 34.9 Å². The monoisotopic (exact) mass is 350 g/mol. The molecule has 6 heteroatoms. The largest absolute Gasteiger partial charge is 0.480 e. The quantitative estimate of drug-likeness (QED) is 0.776. The van der Waals surface area contributed by atoms with Gasteiger partial charge in [0.05, 0.1) is 0 Å². The third-order valence-corrected chi connectivity index (χ3v) is 4.47. The predicted octanol–water partition coefficient (Wildman–Crippen LogP) is 4.09. The molecule has 0 saturated heterocycles. The molecule has 23 heavy (non-hydrogen) atoms. The van der Waals surface area contributed by atoms with Crippen molar-refractivity contribution in [1.29, 1.82) is 0 Å². The summed E-state index contributed by atoms with van der Waals surface area (Å²) in [5, 5.41) is 16.8. The van der Waals surface area contributed by atoms with Gasteiger partial charge in [-0.05, 0) is 24.1 Å². The molecule has 0 saturated carbocycles. The molecule has 3 rings (SSSR count). The molecular formula is C17H16Cl2N2O2. The van der Waals surface area contributed by atoms with E-state index in [1.807, 2.05) is 30.3 Å². The zero-order valence-electron chi connectivity index (χ0n) is 12.2. The lowest BCUT2D eigenvalue weighted by Crippen LogP contribution is -2.39. The second-order valence-corrected chi connectivity index (χ2v) is 6.38. The summed E-state index contributed by atoms with van der Waals surface area (Å²) in [4.78, 5) is 11.4. The molecule has 3 N–H and O–H groups in total. The number of benzene rings is 2. The molecule has 0 fully saturated rings. The molecule has 2 atom stereocenters. The number of nitrogens with one attached hydrogen (secondary N) is 2. The summed E-state index contributed by atoms with van der Waals surface area (Å²) < 4.78 is 0. The second kappa shape index (κ2) is 6.79. The van der Waals surface area contributed by atoms with Crippen LogP contribution in [-0.4, -0.2) is 17.1 Å². The van der Waals surface area contributed by atoms with Gasteiger partial charge in [0.2, 0.25) is 0 Å². The van der Waals surface area contributed by atoms with Crippen molar-refractivity contribution in [1.82, 2.24) is 5.32 Å². The Hall–Kier alpha value is -1.75. The standard InChI is InChI=1S/C17H16Cl2N2O2/c18-11-6-12(19)16-13(20-9-10-4-2-1-3-5-10)8-15(17(22)23)21-14(16)7-11/h1-7,13,15,20-21H,8-9H2,(H,22,23). The summed E-state index contributed by atoms with van der Waals surface area (Å²) >= 11 is 12.4. The highest BCUT2D eigenvalue weighted by molar-refractivity contribution is 6.35. The van der Waals surface area contributed by atoms with Gasteiger partial charge in [-0.1, -0.05) is 53.5 Å². The molecule has 0 bridgehead atoms. The molecule has 1 aliphatic heterocycles. The van der Waals surface area contributed by atoms with Gasteiger partial charge in [0.1, 0.15) is 6.04 Å². The molecule has 1 aliphatic rings. The maximum Gasteiger partial charge on any atom is 0.326 e. The highest BCUT2D eigenvalue weighted by Crippen LogP contribution is 2.39. The summed E-state index contributed by atoms with van der Waals surface area (Å²) in [6.45, 7) is 0.635. The van der Waals surface area contributed by atoms with Crippen molar-refractivity contribution < 1.29 is 9.90 Å². The molecule has 4 nitrogen and oxygen atoms in total. The normalized spacial score (nSPS) is 19.7. The van der Waals surface area contributed by atoms with E-state index in [-0.39, 0.29) is 6.04 Å². The Bertz CT molecular complexity index is 722. The van der Waals surface area contributed by atoms with Crippen LogP contribution in [0.15, 0.2) is 42.5 Å². The van der Waals surface area contributed by atoms with Crippen LogP contribution in [0.5, 0.6) is 0 Å². The van der Waals surface area contributed by atoms with Gasteiger partial charge in [-0.3, -0.25) is 0 Å². The Morgan fingerprint density at radius 2 is 2.00 bits per heavy atom. The van der Waals surface area contributed by atoms with Crippen LogP contribution >= 0.6 is 23.2 Å². The fourth-order valence-corrected chi connectivity index (χ4v) is 3.47. The van der Waals surface area contributed by atoms with E-state index in [4.69, 9.17) is 23.2 Å². The molecule has 2 unspecified atom stereocenters. The SMILES string of the molecule is O=C(O)C1CC(NCc2ccccc2)c2c(Cl)cc(Cl)cc2N1. The number of fused-ring (bicyclic) bond motifs is 1.